The molecule has 0 fully saturated rings. The van der Waals surface area contributed by atoms with Crippen molar-refractivity contribution in [2.24, 2.45) is 0 Å². The molecule has 0 saturated heterocycles. The van der Waals surface area contributed by atoms with Crippen molar-refractivity contribution < 1.29 is 14.4 Å². The minimum absolute atomic E-state index is 0.278. The lowest BCUT2D eigenvalue weighted by molar-refractivity contribution is -0.121. The third-order valence-corrected chi connectivity index (χ3v) is 5.11. The van der Waals surface area contributed by atoms with Gasteiger partial charge in [-0.1, -0.05) is 46.1 Å². The molecule has 1 unspecified atom stereocenters. The number of Topliss-reactive ketones (excluding diaryl/α,β-unsaturated/α-hetero) is 1. The van der Waals surface area contributed by atoms with Gasteiger partial charge >= 0.3 is 0 Å². The van der Waals surface area contributed by atoms with Gasteiger partial charge in [0.2, 0.25) is 5.91 Å². The number of fused-ring (bicyclic) bond motifs is 1. The summed E-state index contributed by atoms with van der Waals surface area (Å²) in [7, 11) is 0. The number of carbonyl (C=O) groups is 3. The molecule has 1 aliphatic heterocycles. The van der Waals surface area contributed by atoms with Crippen molar-refractivity contribution in [2.45, 2.75) is 19.4 Å². The second-order valence-electron chi connectivity index (χ2n) is 5.70. The molecule has 0 aliphatic carbocycles. The maximum absolute atomic E-state index is 12.8. The molecule has 0 bridgehead atoms. The molecule has 2 amide bonds. The average Bonchev–Trinajstić information content (AvgIpc) is 2.83. The van der Waals surface area contributed by atoms with Crippen LogP contribution in [0.2, 0.25) is 10.0 Å². The molecule has 1 N–H and O–H groups in total. The Labute approximate surface area is 168 Å². The molecule has 0 saturated carbocycles. The van der Waals surface area contributed by atoms with Crippen LogP contribution in [0, 0.1) is 0 Å². The van der Waals surface area contributed by atoms with E-state index in [1.807, 2.05) is 0 Å². The van der Waals surface area contributed by atoms with Crippen LogP contribution >= 0.6 is 39.1 Å². The van der Waals surface area contributed by atoms with Gasteiger partial charge in [-0.15, -0.1) is 0 Å². The molecule has 1 aliphatic rings. The number of ketones is 1. The Hall–Kier alpha value is -1.89. The molecule has 8 heteroatoms. The van der Waals surface area contributed by atoms with Gasteiger partial charge in [-0.2, -0.15) is 0 Å². The quantitative estimate of drug-likeness (QED) is 0.679. The minimum atomic E-state index is -0.847. The van der Waals surface area contributed by atoms with E-state index < -0.39 is 23.6 Å². The number of nitrogens with one attached hydrogen (secondary N) is 1. The highest BCUT2D eigenvalue weighted by Gasteiger charge is 2.41. The number of carbonyl (C=O) groups excluding carboxylic acids is 3. The molecule has 2 aromatic rings. The zero-order valence-corrected chi connectivity index (χ0v) is 16.7. The fraction of sp³-hybridized carbons (Fsp3) is 0.167. The van der Waals surface area contributed by atoms with Crippen LogP contribution in [0.15, 0.2) is 40.9 Å². The summed E-state index contributed by atoms with van der Waals surface area (Å²) in [5.74, 6) is -1.78. The van der Waals surface area contributed by atoms with Crippen molar-refractivity contribution in [3.63, 3.8) is 0 Å². The van der Waals surface area contributed by atoms with E-state index in [2.05, 4.69) is 21.2 Å². The Kier molecular flexibility index (Phi) is 5.37. The first-order valence-corrected chi connectivity index (χ1v) is 9.31. The van der Waals surface area contributed by atoms with Gasteiger partial charge in [-0.3, -0.25) is 19.3 Å². The van der Waals surface area contributed by atoms with Gasteiger partial charge < -0.3 is 5.32 Å². The topological polar surface area (TPSA) is 66.5 Å². The van der Waals surface area contributed by atoms with Crippen LogP contribution in [-0.2, 0) is 9.59 Å². The van der Waals surface area contributed by atoms with Crippen LogP contribution in [0.3, 0.4) is 0 Å². The number of hydrogen-bond donors (Lipinski definition) is 1. The minimum Gasteiger partial charge on any atom is -0.323 e. The molecule has 2 aromatic carbocycles. The molecule has 3 rings (SSSR count). The molecule has 1 atom stereocenters. The highest BCUT2D eigenvalue weighted by molar-refractivity contribution is 9.10. The maximum atomic E-state index is 12.8. The summed E-state index contributed by atoms with van der Waals surface area (Å²) in [5, 5.41) is 3.43. The molecule has 0 aromatic heterocycles. The second kappa shape index (κ2) is 7.39. The zero-order chi connectivity index (χ0) is 19.0. The van der Waals surface area contributed by atoms with Crippen LogP contribution in [0.1, 0.15) is 23.7 Å². The van der Waals surface area contributed by atoms with Crippen LogP contribution < -0.4 is 10.2 Å². The van der Waals surface area contributed by atoms with Crippen molar-refractivity contribution >= 4 is 68.1 Å². The van der Waals surface area contributed by atoms with Crippen LogP contribution in [-0.4, -0.2) is 23.6 Å². The normalized spacial score (nSPS) is 14.4. The summed E-state index contributed by atoms with van der Waals surface area (Å²) in [6.07, 6.45) is 0.325. The maximum Gasteiger partial charge on any atom is 0.300 e. The summed E-state index contributed by atoms with van der Waals surface area (Å²) >= 11 is 15.2. The first-order chi connectivity index (χ1) is 12.3. The Morgan fingerprint density at radius 3 is 2.58 bits per heavy atom. The van der Waals surface area contributed by atoms with Gasteiger partial charge in [-0.25, -0.2) is 0 Å². The van der Waals surface area contributed by atoms with Gasteiger partial charge in [-0.05, 0) is 42.8 Å². The van der Waals surface area contributed by atoms with E-state index in [4.69, 9.17) is 23.2 Å². The van der Waals surface area contributed by atoms with Crippen LogP contribution in [0.4, 0.5) is 11.4 Å². The largest absolute Gasteiger partial charge is 0.323 e. The smallest absolute Gasteiger partial charge is 0.300 e. The number of amides is 2. The van der Waals surface area contributed by atoms with E-state index >= 15 is 0 Å². The van der Waals surface area contributed by atoms with E-state index in [0.717, 1.165) is 0 Å². The number of anilines is 2. The lowest BCUT2D eigenvalue weighted by Crippen LogP contribution is -2.46. The standard InChI is InChI=1S/C18H13BrCl2N2O3/c1-2-14(17(25)22-13-5-4-10(20)8-12(13)21)23-15-6-3-9(19)7-11(15)16(24)18(23)26/h3-8,14H,2H2,1H3,(H,22,25). The average molecular weight is 456 g/mol. The molecule has 5 nitrogen and oxygen atoms in total. The van der Waals surface area contributed by atoms with Crippen molar-refractivity contribution in [3.8, 4) is 0 Å². The first-order valence-electron chi connectivity index (χ1n) is 7.76. The van der Waals surface area contributed by atoms with Gasteiger partial charge in [0.15, 0.2) is 0 Å². The third kappa shape index (κ3) is 3.37. The summed E-state index contributed by atoms with van der Waals surface area (Å²) in [4.78, 5) is 38.8. The van der Waals surface area contributed by atoms with E-state index in [1.54, 1.807) is 37.3 Å². The highest BCUT2D eigenvalue weighted by Crippen LogP contribution is 2.34. The number of nitrogens with zero attached hydrogens (tertiary/aromatic N) is 1. The lowest BCUT2D eigenvalue weighted by atomic mass is 10.1. The monoisotopic (exact) mass is 454 g/mol. The van der Waals surface area contributed by atoms with Crippen molar-refractivity contribution in [1.82, 2.24) is 0 Å². The summed E-state index contributed by atoms with van der Waals surface area (Å²) < 4.78 is 0.685. The molecule has 0 spiro atoms. The fourth-order valence-corrected chi connectivity index (χ4v) is 3.65. The highest BCUT2D eigenvalue weighted by atomic mass is 79.9. The Bertz CT molecular complexity index is 933. The number of benzene rings is 2. The van der Waals surface area contributed by atoms with Crippen molar-refractivity contribution in [2.75, 3.05) is 10.2 Å². The second-order valence-corrected chi connectivity index (χ2v) is 7.46. The van der Waals surface area contributed by atoms with E-state index in [-0.39, 0.29) is 10.6 Å². The third-order valence-electron chi connectivity index (χ3n) is 4.07. The predicted octanol–water partition coefficient (Wildman–Crippen LogP) is 4.70. The summed E-state index contributed by atoms with van der Waals surface area (Å²) in [6, 6.07) is 8.79. The van der Waals surface area contributed by atoms with E-state index in [1.165, 1.54) is 11.0 Å². The molecule has 134 valence electrons. The van der Waals surface area contributed by atoms with E-state index in [9.17, 15) is 14.4 Å². The lowest BCUT2D eigenvalue weighted by Gasteiger charge is -2.26. The molecular formula is C18H13BrCl2N2O3. The molecule has 1 heterocycles. The SMILES string of the molecule is CCC(C(=O)Nc1ccc(Cl)cc1Cl)N1C(=O)C(=O)c2cc(Br)ccc21. The Balaban J connectivity index is 1.92. The zero-order valence-electron chi connectivity index (χ0n) is 13.6. The Morgan fingerprint density at radius 2 is 1.92 bits per heavy atom. The van der Waals surface area contributed by atoms with Gasteiger partial charge in [0.05, 0.1) is 22.0 Å². The van der Waals surface area contributed by atoms with Gasteiger partial charge in [0.1, 0.15) is 6.04 Å². The summed E-state index contributed by atoms with van der Waals surface area (Å²) in [5.41, 5.74) is 1.08. The molecule has 0 radical (unpaired) electrons. The summed E-state index contributed by atoms with van der Waals surface area (Å²) in [6.45, 7) is 1.77. The van der Waals surface area contributed by atoms with Crippen LogP contribution in [0.25, 0.3) is 0 Å². The van der Waals surface area contributed by atoms with E-state index in [0.29, 0.717) is 27.3 Å². The van der Waals surface area contributed by atoms with Gasteiger partial charge in [0.25, 0.3) is 11.7 Å². The number of rotatable bonds is 4. The molecule has 26 heavy (non-hydrogen) atoms. The number of halogens is 3. The number of hydrogen-bond acceptors (Lipinski definition) is 3. The van der Waals surface area contributed by atoms with Gasteiger partial charge in [0, 0.05) is 9.50 Å². The van der Waals surface area contributed by atoms with Crippen molar-refractivity contribution in [1.29, 1.82) is 0 Å². The van der Waals surface area contributed by atoms with Crippen LogP contribution in [0.5, 0.6) is 0 Å². The fourth-order valence-electron chi connectivity index (χ4n) is 2.84. The molecular weight excluding hydrogens is 443 g/mol. The first kappa shape index (κ1) is 18.9. The Morgan fingerprint density at radius 1 is 1.19 bits per heavy atom. The predicted molar refractivity (Wildman–Crippen MR) is 105 cm³/mol. The van der Waals surface area contributed by atoms with Crippen molar-refractivity contribution in [3.05, 3.63) is 56.5 Å².